The van der Waals surface area contributed by atoms with E-state index in [1.54, 1.807) is 4.90 Å². The van der Waals surface area contributed by atoms with Crippen LogP contribution in [0.5, 0.6) is 0 Å². The highest BCUT2D eigenvalue weighted by molar-refractivity contribution is 5.78. The summed E-state index contributed by atoms with van der Waals surface area (Å²) in [6.07, 6.45) is 1.36. The lowest BCUT2D eigenvalue weighted by molar-refractivity contribution is -0.132. The van der Waals surface area contributed by atoms with Crippen LogP contribution in [0.1, 0.15) is 24.0 Å². The van der Waals surface area contributed by atoms with E-state index in [1.165, 1.54) is 5.56 Å². The third-order valence-electron chi connectivity index (χ3n) is 3.88. The van der Waals surface area contributed by atoms with E-state index in [9.17, 15) is 9.90 Å². The molecule has 20 heavy (non-hydrogen) atoms. The number of aliphatic hydroxyl groups is 1. The molecule has 0 unspecified atom stereocenters. The Labute approximate surface area is 121 Å². The maximum Gasteiger partial charge on any atom is 0.236 e. The van der Waals surface area contributed by atoms with Gasteiger partial charge in [0.25, 0.3) is 0 Å². The zero-order valence-electron chi connectivity index (χ0n) is 12.4. The summed E-state index contributed by atoms with van der Waals surface area (Å²) in [5.74, 6) is 0.141. The maximum absolute atomic E-state index is 12.2. The monoisotopic (exact) mass is 276 g/mol. The van der Waals surface area contributed by atoms with Crippen LogP contribution in [0.3, 0.4) is 0 Å². The molecule has 1 fully saturated rings. The van der Waals surface area contributed by atoms with Gasteiger partial charge in [0, 0.05) is 26.7 Å². The van der Waals surface area contributed by atoms with E-state index >= 15 is 0 Å². The molecular weight excluding hydrogens is 252 g/mol. The minimum atomic E-state index is -0.188. The summed E-state index contributed by atoms with van der Waals surface area (Å²) >= 11 is 0. The lowest BCUT2D eigenvalue weighted by atomic mass is 10.1. The molecule has 0 spiro atoms. The fourth-order valence-electron chi connectivity index (χ4n) is 2.44. The summed E-state index contributed by atoms with van der Waals surface area (Å²) < 4.78 is 0. The van der Waals surface area contributed by atoms with Crippen molar-refractivity contribution < 1.29 is 9.90 Å². The summed E-state index contributed by atoms with van der Waals surface area (Å²) in [6, 6.07) is 8.27. The minimum Gasteiger partial charge on any atom is -0.393 e. The summed E-state index contributed by atoms with van der Waals surface area (Å²) in [4.78, 5) is 16.1. The van der Waals surface area contributed by atoms with E-state index < -0.39 is 0 Å². The van der Waals surface area contributed by atoms with E-state index in [0.717, 1.165) is 31.5 Å². The average Bonchev–Trinajstić information content (AvgIpc) is 2.44. The summed E-state index contributed by atoms with van der Waals surface area (Å²) in [6.45, 7) is 4.78. The molecular formula is C16H24N2O2. The van der Waals surface area contributed by atoms with Gasteiger partial charge >= 0.3 is 0 Å². The molecule has 110 valence electrons. The van der Waals surface area contributed by atoms with Crippen molar-refractivity contribution in [1.82, 2.24) is 9.80 Å². The number of likely N-dealkylation sites (N-methyl/N-ethyl adjacent to an activating group) is 1. The van der Waals surface area contributed by atoms with E-state index in [4.69, 9.17) is 0 Å². The normalized spacial score (nSPS) is 17.1. The van der Waals surface area contributed by atoms with Gasteiger partial charge in [0.2, 0.25) is 5.91 Å². The molecule has 4 nitrogen and oxygen atoms in total. The van der Waals surface area contributed by atoms with Crippen LogP contribution in [-0.4, -0.2) is 53.6 Å². The number of likely N-dealkylation sites (tertiary alicyclic amines) is 1. The van der Waals surface area contributed by atoms with Crippen LogP contribution in [0.2, 0.25) is 0 Å². The van der Waals surface area contributed by atoms with E-state index in [0.29, 0.717) is 13.1 Å². The number of nitrogens with zero attached hydrogens (tertiary/aromatic N) is 2. The Morgan fingerprint density at radius 2 is 1.90 bits per heavy atom. The molecule has 2 rings (SSSR count). The lowest BCUT2D eigenvalue weighted by Crippen LogP contribution is -2.43. The van der Waals surface area contributed by atoms with Crippen LogP contribution in [0.15, 0.2) is 24.3 Å². The SMILES string of the molecule is Cc1ccc(CN(C)C(=O)CN2CCC(O)CC2)cc1. The Morgan fingerprint density at radius 3 is 2.50 bits per heavy atom. The van der Waals surface area contributed by atoms with Gasteiger partial charge in [0.1, 0.15) is 0 Å². The van der Waals surface area contributed by atoms with Crippen molar-refractivity contribution in [2.45, 2.75) is 32.4 Å². The van der Waals surface area contributed by atoms with Gasteiger partial charge in [-0.1, -0.05) is 29.8 Å². The number of carbonyl (C=O) groups excluding carboxylic acids is 1. The van der Waals surface area contributed by atoms with E-state index in [1.807, 2.05) is 7.05 Å². The molecule has 1 aliphatic heterocycles. The second-order valence-electron chi connectivity index (χ2n) is 5.74. The molecule has 0 aromatic heterocycles. The van der Waals surface area contributed by atoms with Crippen molar-refractivity contribution in [3.8, 4) is 0 Å². The number of aryl methyl sites for hydroxylation is 1. The first-order valence-electron chi connectivity index (χ1n) is 7.24. The van der Waals surface area contributed by atoms with Crippen molar-refractivity contribution in [3.63, 3.8) is 0 Å². The lowest BCUT2D eigenvalue weighted by Gasteiger charge is -2.30. The number of hydrogen-bond acceptors (Lipinski definition) is 3. The van der Waals surface area contributed by atoms with Gasteiger partial charge in [-0.2, -0.15) is 0 Å². The molecule has 0 saturated carbocycles. The van der Waals surface area contributed by atoms with Crippen molar-refractivity contribution in [3.05, 3.63) is 35.4 Å². The number of benzene rings is 1. The fourth-order valence-corrected chi connectivity index (χ4v) is 2.44. The fraction of sp³-hybridized carbons (Fsp3) is 0.562. The van der Waals surface area contributed by atoms with Gasteiger partial charge in [0.15, 0.2) is 0 Å². The minimum absolute atomic E-state index is 0.141. The standard InChI is InChI=1S/C16H24N2O2/c1-13-3-5-14(6-4-13)11-17(2)16(20)12-18-9-7-15(19)8-10-18/h3-6,15,19H,7-12H2,1-2H3. The maximum atomic E-state index is 12.2. The Kier molecular flexibility index (Phi) is 5.15. The summed E-state index contributed by atoms with van der Waals surface area (Å²) in [5.41, 5.74) is 2.38. The van der Waals surface area contributed by atoms with Crippen LogP contribution in [0, 0.1) is 6.92 Å². The quantitative estimate of drug-likeness (QED) is 0.904. The molecule has 0 radical (unpaired) electrons. The zero-order chi connectivity index (χ0) is 14.5. The largest absolute Gasteiger partial charge is 0.393 e. The van der Waals surface area contributed by atoms with Crippen LogP contribution in [0.4, 0.5) is 0 Å². The van der Waals surface area contributed by atoms with Gasteiger partial charge < -0.3 is 10.0 Å². The number of carbonyl (C=O) groups is 1. The molecule has 1 aromatic rings. The summed E-state index contributed by atoms with van der Waals surface area (Å²) in [5, 5.41) is 9.47. The molecule has 1 N–H and O–H groups in total. The molecule has 0 bridgehead atoms. The van der Waals surface area contributed by atoms with Gasteiger partial charge in [-0.15, -0.1) is 0 Å². The molecule has 1 heterocycles. The predicted octanol–water partition coefficient (Wildman–Crippen LogP) is 1.41. The molecule has 1 saturated heterocycles. The number of hydrogen-bond donors (Lipinski definition) is 1. The first-order valence-corrected chi connectivity index (χ1v) is 7.24. The average molecular weight is 276 g/mol. The Bertz CT molecular complexity index is 436. The highest BCUT2D eigenvalue weighted by Gasteiger charge is 2.20. The Morgan fingerprint density at radius 1 is 1.30 bits per heavy atom. The van der Waals surface area contributed by atoms with Crippen molar-refractivity contribution in [2.75, 3.05) is 26.7 Å². The van der Waals surface area contributed by atoms with Gasteiger partial charge in [0.05, 0.1) is 12.6 Å². The molecule has 4 heteroatoms. The highest BCUT2D eigenvalue weighted by Crippen LogP contribution is 2.11. The Hall–Kier alpha value is -1.39. The van der Waals surface area contributed by atoms with Crippen LogP contribution in [-0.2, 0) is 11.3 Å². The van der Waals surface area contributed by atoms with Crippen LogP contribution >= 0.6 is 0 Å². The molecule has 1 amide bonds. The summed E-state index contributed by atoms with van der Waals surface area (Å²) in [7, 11) is 1.85. The second kappa shape index (κ2) is 6.86. The highest BCUT2D eigenvalue weighted by atomic mass is 16.3. The van der Waals surface area contributed by atoms with Crippen molar-refractivity contribution in [2.24, 2.45) is 0 Å². The second-order valence-corrected chi connectivity index (χ2v) is 5.74. The van der Waals surface area contributed by atoms with Crippen LogP contribution in [0.25, 0.3) is 0 Å². The smallest absolute Gasteiger partial charge is 0.236 e. The molecule has 1 aromatic carbocycles. The van der Waals surface area contributed by atoms with Gasteiger partial charge in [-0.25, -0.2) is 0 Å². The molecule has 1 aliphatic rings. The first-order chi connectivity index (χ1) is 9.54. The number of aliphatic hydroxyl groups excluding tert-OH is 1. The predicted molar refractivity (Wildman–Crippen MR) is 79.3 cm³/mol. The van der Waals surface area contributed by atoms with Gasteiger partial charge in [-0.05, 0) is 25.3 Å². The third kappa shape index (κ3) is 4.32. The zero-order valence-corrected chi connectivity index (χ0v) is 12.4. The Balaban J connectivity index is 1.81. The van der Waals surface area contributed by atoms with Crippen molar-refractivity contribution >= 4 is 5.91 Å². The van der Waals surface area contributed by atoms with Crippen LogP contribution < -0.4 is 0 Å². The number of piperidine rings is 1. The number of amides is 1. The third-order valence-corrected chi connectivity index (χ3v) is 3.88. The number of rotatable bonds is 4. The topological polar surface area (TPSA) is 43.8 Å². The van der Waals surface area contributed by atoms with Gasteiger partial charge in [-0.3, -0.25) is 9.69 Å². The molecule has 0 atom stereocenters. The first kappa shape index (κ1) is 15.0. The molecule has 0 aliphatic carbocycles. The van der Waals surface area contributed by atoms with E-state index in [-0.39, 0.29) is 12.0 Å². The van der Waals surface area contributed by atoms with Crippen molar-refractivity contribution in [1.29, 1.82) is 0 Å². The van der Waals surface area contributed by atoms with E-state index in [2.05, 4.69) is 36.1 Å².